The molecular weight excluding hydrogens is 310 g/mol. The molecule has 1 saturated heterocycles. The summed E-state index contributed by atoms with van der Waals surface area (Å²) in [5, 5.41) is 9.13. The number of nitrogens with zero attached hydrogens (tertiary/aromatic N) is 1. The molecule has 0 unspecified atom stereocenters. The highest BCUT2D eigenvalue weighted by Gasteiger charge is 2.51. The molecule has 124 valence electrons. The van der Waals surface area contributed by atoms with E-state index in [1.165, 1.54) is 18.2 Å². The third kappa shape index (κ3) is 3.79. The normalized spacial score (nSPS) is 19.5. The van der Waals surface area contributed by atoms with E-state index >= 15 is 0 Å². The first-order valence-electron chi connectivity index (χ1n) is 7.04. The second-order valence-corrected chi connectivity index (χ2v) is 6.36. The maximum absolute atomic E-state index is 12.2. The standard InChI is InChI=1S/C15H17BF3NO3/c1-13(2)14(3,4)23-16(22-13)11-5-6-12(10(7-11)8-20)21-9-15(17,18)19/h5-7H,9H2,1-4H3. The molecule has 0 spiro atoms. The number of hydrogen-bond donors (Lipinski definition) is 0. The molecule has 23 heavy (non-hydrogen) atoms. The maximum atomic E-state index is 12.2. The van der Waals surface area contributed by atoms with Crippen molar-refractivity contribution in [2.75, 3.05) is 6.61 Å². The Morgan fingerprint density at radius 3 is 2.22 bits per heavy atom. The number of alkyl halides is 3. The van der Waals surface area contributed by atoms with Gasteiger partial charge in [0.05, 0.1) is 16.8 Å². The number of nitriles is 1. The van der Waals surface area contributed by atoms with E-state index in [4.69, 9.17) is 14.6 Å². The highest BCUT2D eigenvalue weighted by Crippen LogP contribution is 2.36. The zero-order valence-electron chi connectivity index (χ0n) is 13.3. The molecule has 0 bridgehead atoms. The van der Waals surface area contributed by atoms with Crippen LogP contribution in [-0.2, 0) is 9.31 Å². The topological polar surface area (TPSA) is 51.5 Å². The van der Waals surface area contributed by atoms with Crippen LogP contribution in [0.2, 0.25) is 0 Å². The van der Waals surface area contributed by atoms with Crippen LogP contribution >= 0.6 is 0 Å². The van der Waals surface area contributed by atoms with E-state index in [1.54, 1.807) is 0 Å². The molecule has 1 aliphatic heterocycles. The Kier molecular flexibility index (Phi) is 4.39. The van der Waals surface area contributed by atoms with Gasteiger partial charge in [0.2, 0.25) is 0 Å². The van der Waals surface area contributed by atoms with E-state index < -0.39 is 31.1 Å². The molecule has 8 heteroatoms. The molecule has 0 saturated carbocycles. The number of hydrogen-bond acceptors (Lipinski definition) is 4. The van der Waals surface area contributed by atoms with Crippen molar-refractivity contribution in [3.8, 4) is 11.8 Å². The van der Waals surface area contributed by atoms with Crippen molar-refractivity contribution in [3.05, 3.63) is 23.8 Å². The highest BCUT2D eigenvalue weighted by molar-refractivity contribution is 6.62. The summed E-state index contributed by atoms with van der Waals surface area (Å²) in [7, 11) is -0.691. The molecule has 0 amide bonds. The average molecular weight is 327 g/mol. The average Bonchev–Trinajstić information content (AvgIpc) is 2.64. The van der Waals surface area contributed by atoms with E-state index in [0.29, 0.717) is 5.46 Å². The predicted molar refractivity (Wildman–Crippen MR) is 78.4 cm³/mol. The van der Waals surface area contributed by atoms with Gasteiger partial charge in [-0.1, -0.05) is 6.07 Å². The fourth-order valence-corrected chi connectivity index (χ4v) is 2.05. The molecule has 0 atom stereocenters. The van der Waals surface area contributed by atoms with E-state index in [2.05, 4.69) is 4.74 Å². The Bertz CT molecular complexity index is 622. The SMILES string of the molecule is CC1(C)OB(c2ccc(OCC(F)(F)F)c(C#N)c2)OC1(C)C. The Morgan fingerprint density at radius 1 is 1.17 bits per heavy atom. The summed E-state index contributed by atoms with van der Waals surface area (Å²) < 4.78 is 53.0. The van der Waals surface area contributed by atoms with Gasteiger partial charge in [-0.2, -0.15) is 18.4 Å². The van der Waals surface area contributed by atoms with Gasteiger partial charge in [0.25, 0.3) is 0 Å². The molecular formula is C15H17BF3NO3. The van der Waals surface area contributed by atoms with Crippen molar-refractivity contribution in [3.63, 3.8) is 0 Å². The monoisotopic (exact) mass is 327 g/mol. The van der Waals surface area contributed by atoms with Gasteiger partial charge in [-0.3, -0.25) is 0 Å². The summed E-state index contributed by atoms with van der Waals surface area (Å²) in [6.07, 6.45) is -4.46. The minimum absolute atomic E-state index is 0.00135. The van der Waals surface area contributed by atoms with Crippen LogP contribution in [-0.4, -0.2) is 31.1 Å². The van der Waals surface area contributed by atoms with Gasteiger partial charge in [-0.15, -0.1) is 0 Å². The predicted octanol–water partition coefficient (Wildman–Crippen LogP) is 2.80. The molecule has 4 nitrogen and oxygen atoms in total. The second kappa shape index (κ2) is 5.73. The van der Waals surface area contributed by atoms with Crippen molar-refractivity contribution in [1.82, 2.24) is 0 Å². The third-order valence-electron chi connectivity index (χ3n) is 4.04. The summed E-state index contributed by atoms with van der Waals surface area (Å²) in [6.45, 7) is 6.10. The number of benzene rings is 1. The molecule has 1 aliphatic rings. The van der Waals surface area contributed by atoms with E-state index in [-0.39, 0.29) is 11.3 Å². The smallest absolute Gasteiger partial charge is 0.483 e. The van der Waals surface area contributed by atoms with Crippen molar-refractivity contribution < 1.29 is 27.2 Å². The van der Waals surface area contributed by atoms with Crippen LogP contribution in [0.4, 0.5) is 13.2 Å². The molecule has 1 fully saturated rings. The van der Waals surface area contributed by atoms with Gasteiger partial charge < -0.3 is 14.0 Å². The van der Waals surface area contributed by atoms with Crippen LogP contribution in [0.15, 0.2) is 18.2 Å². The quantitative estimate of drug-likeness (QED) is 0.801. The Hall–Kier alpha value is -1.72. The lowest BCUT2D eigenvalue weighted by molar-refractivity contribution is -0.153. The minimum Gasteiger partial charge on any atom is -0.483 e. The summed E-state index contributed by atoms with van der Waals surface area (Å²) in [4.78, 5) is 0. The molecule has 2 rings (SSSR count). The fourth-order valence-electron chi connectivity index (χ4n) is 2.05. The molecule has 1 aromatic carbocycles. The lowest BCUT2D eigenvalue weighted by atomic mass is 9.78. The fraction of sp³-hybridized carbons (Fsp3) is 0.533. The van der Waals surface area contributed by atoms with Gasteiger partial charge >= 0.3 is 13.3 Å². The summed E-state index contributed by atoms with van der Waals surface area (Å²) in [5.41, 5.74) is -0.535. The first kappa shape index (κ1) is 17.6. The van der Waals surface area contributed by atoms with E-state index in [0.717, 1.165) is 0 Å². The lowest BCUT2D eigenvalue weighted by Gasteiger charge is -2.32. The van der Waals surface area contributed by atoms with Crippen LogP contribution in [0.5, 0.6) is 5.75 Å². The Balaban J connectivity index is 2.22. The summed E-state index contributed by atoms with van der Waals surface area (Å²) >= 11 is 0. The summed E-state index contributed by atoms with van der Waals surface area (Å²) in [6, 6.07) is 6.12. The third-order valence-corrected chi connectivity index (χ3v) is 4.04. The van der Waals surface area contributed by atoms with Gasteiger partial charge in [0, 0.05) is 0 Å². The molecule has 1 heterocycles. The lowest BCUT2D eigenvalue weighted by Crippen LogP contribution is -2.41. The van der Waals surface area contributed by atoms with Crippen molar-refractivity contribution >= 4 is 12.6 Å². The Labute approximate surface area is 133 Å². The number of rotatable bonds is 3. The largest absolute Gasteiger partial charge is 0.494 e. The zero-order chi connectivity index (χ0) is 17.5. The van der Waals surface area contributed by atoms with Crippen molar-refractivity contribution in [2.24, 2.45) is 0 Å². The number of ether oxygens (including phenoxy) is 1. The first-order chi connectivity index (χ1) is 10.5. The summed E-state index contributed by atoms with van der Waals surface area (Å²) in [5.74, 6) is -0.120. The van der Waals surface area contributed by atoms with Crippen LogP contribution in [0.1, 0.15) is 33.3 Å². The van der Waals surface area contributed by atoms with Crippen LogP contribution in [0.25, 0.3) is 0 Å². The van der Waals surface area contributed by atoms with Gasteiger partial charge in [0.15, 0.2) is 6.61 Å². The molecule has 0 radical (unpaired) electrons. The highest BCUT2D eigenvalue weighted by atomic mass is 19.4. The van der Waals surface area contributed by atoms with Crippen LogP contribution in [0, 0.1) is 11.3 Å². The molecule has 0 aliphatic carbocycles. The van der Waals surface area contributed by atoms with Crippen LogP contribution in [0.3, 0.4) is 0 Å². The zero-order valence-corrected chi connectivity index (χ0v) is 13.3. The Morgan fingerprint density at radius 2 is 1.74 bits per heavy atom. The molecule has 0 aromatic heterocycles. The minimum atomic E-state index is -4.46. The second-order valence-electron chi connectivity index (χ2n) is 6.36. The maximum Gasteiger partial charge on any atom is 0.494 e. The van der Waals surface area contributed by atoms with E-state index in [1.807, 2.05) is 33.8 Å². The van der Waals surface area contributed by atoms with Gasteiger partial charge in [-0.25, -0.2) is 0 Å². The molecule has 1 aromatic rings. The van der Waals surface area contributed by atoms with Crippen molar-refractivity contribution in [1.29, 1.82) is 5.26 Å². The van der Waals surface area contributed by atoms with Crippen molar-refractivity contribution in [2.45, 2.75) is 45.1 Å². The van der Waals surface area contributed by atoms with Gasteiger partial charge in [-0.05, 0) is 45.3 Å². The van der Waals surface area contributed by atoms with Gasteiger partial charge in [0.1, 0.15) is 11.8 Å². The molecule has 0 N–H and O–H groups in total. The first-order valence-corrected chi connectivity index (χ1v) is 7.04. The number of halogens is 3. The van der Waals surface area contributed by atoms with Crippen LogP contribution < -0.4 is 10.2 Å². The van der Waals surface area contributed by atoms with E-state index in [9.17, 15) is 13.2 Å².